The Morgan fingerprint density at radius 2 is 1.65 bits per heavy atom. The average Bonchev–Trinajstić information content (AvgIpc) is 2.84. The topological polar surface area (TPSA) is 75.3 Å². The lowest BCUT2D eigenvalue weighted by molar-refractivity contribution is 0.0919. The summed E-state index contributed by atoms with van der Waals surface area (Å²) in [5.41, 5.74) is 0.576. The molecule has 0 fully saturated rings. The van der Waals surface area contributed by atoms with E-state index >= 15 is 0 Å². The minimum absolute atomic E-state index is 0.194. The smallest absolute Gasteiger partial charge is 0.271 e. The second-order valence-corrected chi connectivity index (χ2v) is 9.45. The van der Waals surface area contributed by atoms with E-state index in [2.05, 4.69) is 10.0 Å². The minimum Gasteiger partial charge on any atom is -0.347 e. The molecule has 1 heterocycles. The molecule has 0 radical (unpaired) electrons. The molecule has 0 aliphatic rings. The Balaban J connectivity index is 2.13. The Hall–Kier alpha value is -1.86. The van der Waals surface area contributed by atoms with Crippen molar-refractivity contribution in [1.29, 1.82) is 0 Å². The number of amides is 1. The molecule has 2 N–H and O–H groups in total. The molecule has 0 saturated heterocycles. The van der Waals surface area contributed by atoms with Crippen molar-refractivity contribution in [3.8, 4) is 0 Å². The highest BCUT2D eigenvalue weighted by Crippen LogP contribution is 2.23. The van der Waals surface area contributed by atoms with Gasteiger partial charge in [-0.15, -0.1) is 11.3 Å². The summed E-state index contributed by atoms with van der Waals surface area (Å²) in [6.45, 7) is 7.55. The molecule has 0 spiro atoms. The second kappa shape index (κ2) is 6.33. The number of anilines is 1. The quantitative estimate of drug-likeness (QED) is 0.886. The number of hydrogen-bond acceptors (Lipinski definition) is 4. The van der Waals surface area contributed by atoms with Gasteiger partial charge in [0.05, 0.1) is 0 Å². The van der Waals surface area contributed by atoms with Gasteiger partial charge in [-0.2, -0.15) is 0 Å². The SMILES string of the molecule is Cc1ccc(S(=O)(=O)Nc2ccc(C(=O)NC(C)(C)C)cc2)s1. The lowest BCUT2D eigenvalue weighted by Crippen LogP contribution is -2.40. The number of nitrogens with one attached hydrogen (secondary N) is 2. The van der Waals surface area contributed by atoms with Crippen LogP contribution >= 0.6 is 11.3 Å². The first-order valence-corrected chi connectivity index (χ1v) is 9.39. The molecule has 2 rings (SSSR count). The first-order chi connectivity index (χ1) is 10.6. The lowest BCUT2D eigenvalue weighted by Gasteiger charge is -2.20. The Morgan fingerprint density at radius 1 is 1.04 bits per heavy atom. The highest BCUT2D eigenvalue weighted by atomic mass is 32.2. The van der Waals surface area contributed by atoms with Crippen LogP contribution in [-0.2, 0) is 10.0 Å². The van der Waals surface area contributed by atoms with Gasteiger partial charge < -0.3 is 5.32 Å². The number of aryl methyl sites for hydroxylation is 1. The monoisotopic (exact) mass is 352 g/mol. The van der Waals surface area contributed by atoms with Crippen LogP contribution in [0.1, 0.15) is 36.0 Å². The fourth-order valence-corrected chi connectivity index (χ4v) is 4.21. The zero-order chi connectivity index (χ0) is 17.3. The van der Waals surface area contributed by atoms with Crippen LogP contribution in [0.25, 0.3) is 0 Å². The van der Waals surface area contributed by atoms with E-state index in [1.807, 2.05) is 27.7 Å². The molecule has 2 aromatic rings. The van der Waals surface area contributed by atoms with Crippen molar-refractivity contribution in [3.63, 3.8) is 0 Å². The number of carbonyl (C=O) groups excluding carboxylic acids is 1. The van der Waals surface area contributed by atoms with E-state index in [0.29, 0.717) is 11.3 Å². The van der Waals surface area contributed by atoms with Crippen LogP contribution in [0.3, 0.4) is 0 Å². The molecular formula is C16H20N2O3S2. The molecule has 0 unspecified atom stereocenters. The van der Waals surface area contributed by atoms with Gasteiger partial charge in [-0.1, -0.05) is 0 Å². The average molecular weight is 352 g/mol. The van der Waals surface area contributed by atoms with Crippen molar-refractivity contribution in [2.45, 2.75) is 37.4 Å². The summed E-state index contributed by atoms with van der Waals surface area (Å²) < 4.78 is 27.3. The summed E-state index contributed by atoms with van der Waals surface area (Å²) in [5.74, 6) is -0.194. The fourth-order valence-electron chi connectivity index (χ4n) is 1.86. The summed E-state index contributed by atoms with van der Waals surface area (Å²) in [6, 6.07) is 9.69. The van der Waals surface area contributed by atoms with E-state index in [4.69, 9.17) is 0 Å². The summed E-state index contributed by atoms with van der Waals surface area (Å²) >= 11 is 1.21. The van der Waals surface area contributed by atoms with Gasteiger partial charge >= 0.3 is 0 Å². The summed E-state index contributed by atoms with van der Waals surface area (Å²) in [6.07, 6.45) is 0. The van der Waals surface area contributed by atoms with Gasteiger partial charge in [0, 0.05) is 21.7 Å². The van der Waals surface area contributed by atoms with E-state index in [9.17, 15) is 13.2 Å². The molecule has 1 aromatic carbocycles. The Morgan fingerprint density at radius 3 is 2.13 bits per heavy atom. The Bertz CT molecular complexity index is 801. The molecule has 0 bridgehead atoms. The summed E-state index contributed by atoms with van der Waals surface area (Å²) in [5, 5.41) is 2.86. The number of hydrogen-bond donors (Lipinski definition) is 2. The molecule has 23 heavy (non-hydrogen) atoms. The fraction of sp³-hybridized carbons (Fsp3) is 0.312. The zero-order valence-electron chi connectivity index (χ0n) is 13.5. The number of sulfonamides is 1. The molecule has 0 aliphatic heterocycles. The number of benzene rings is 1. The van der Waals surface area contributed by atoms with Crippen LogP contribution in [0.2, 0.25) is 0 Å². The molecule has 1 amide bonds. The zero-order valence-corrected chi connectivity index (χ0v) is 15.1. The second-order valence-electron chi connectivity index (χ2n) is 6.25. The van der Waals surface area contributed by atoms with E-state index in [0.717, 1.165) is 4.88 Å². The first-order valence-electron chi connectivity index (χ1n) is 7.09. The van der Waals surface area contributed by atoms with Gasteiger partial charge in [-0.3, -0.25) is 9.52 Å². The molecule has 0 aliphatic carbocycles. The van der Waals surface area contributed by atoms with Crippen molar-refractivity contribution >= 4 is 33.0 Å². The van der Waals surface area contributed by atoms with Gasteiger partial charge in [0.2, 0.25) is 0 Å². The summed E-state index contributed by atoms with van der Waals surface area (Å²) in [7, 11) is -3.59. The minimum atomic E-state index is -3.59. The highest BCUT2D eigenvalue weighted by Gasteiger charge is 2.18. The van der Waals surface area contributed by atoms with Crippen molar-refractivity contribution in [2.24, 2.45) is 0 Å². The van der Waals surface area contributed by atoms with Gasteiger partial charge in [0.1, 0.15) is 4.21 Å². The third kappa shape index (κ3) is 4.80. The normalized spacial score (nSPS) is 12.0. The van der Waals surface area contributed by atoms with Gasteiger partial charge in [-0.05, 0) is 64.1 Å². The van der Waals surface area contributed by atoms with Crippen LogP contribution in [0.5, 0.6) is 0 Å². The van der Waals surface area contributed by atoms with Crippen molar-refractivity contribution in [2.75, 3.05) is 4.72 Å². The van der Waals surface area contributed by atoms with Gasteiger partial charge in [-0.25, -0.2) is 8.42 Å². The van der Waals surface area contributed by atoms with Crippen LogP contribution < -0.4 is 10.0 Å². The maximum Gasteiger partial charge on any atom is 0.271 e. The van der Waals surface area contributed by atoms with Crippen molar-refractivity contribution in [3.05, 3.63) is 46.8 Å². The van der Waals surface area contributed by atoms with Crippen molar-refractivity contribution < 1.29 is 13.2 Å². The highest BCUT2D eigenvalue weighted by molar-refractivity contribution is 7.94. The van der Waals surface area contributed by atoms with E-state index < -0.39 is 10.0 Å². The van der Waals surface area contributed by atoms with E-state index in [1.165, 1.54) is 11.3 Å². The standard InChI is InChI=1S/C16H20N2O3S2/c1-11-5-10-14(22-11)23(20,21)18-13-8-6-12(7-9-13)15(19)17-16(2,3)4/h5-10,18H,1-4H3,(H,17,19). The number of thiophene rings is 1. The van der Waals surface area contributed by atoms with Crippen molar-refractivity contribution in [1.82, 2.24) is 5.32 Å². The lowest BCUT2D eigenvalue weighted by atomic mass is 10.1. The maximum absolute atomic E-state index is 12.2. The van der Waals surface area contributed by atoms with Gasteiger partial charge in [0.15, 0.2) is 0 Å². The molecule has 124 valence electrons. The van der Waals surface area contributed by atoms with Crippen LogP contribution in [-0.4, -0.2) is 19.9 Å². The Labute approximate surface area is 140 Å². The number of rotatable bonds is 4. The third-order valence-electron chi connectivity index (χ3n) is 2.87. The molecule has 5 nitrogen and oxygen atoms in total. The number of carbonyl (C=O) groups is 1. The molecule has 1 aromatic heterocycles. The molecular weight excluding hydrogens is 332 g/mol. The Kier molecular flexibility index (Phi) is 4.81. The van der Waals surface area contributed by atoms with E-state index in [-0.39, 0.29) is 15.7 Å². The first kappa shape index (κ1) is 17.5. The van der Waals surface area contributed by atoms with Crippen LogP contribution in [0.15, 0.2) is 40.6 Å². The summed E-state index contributed by atoms with van der Waals surface area (Å²) in [4.78, 5) is 13.0. The van der Waals surface area contributed by atoms with Crippen LogP contribution in [0.4, 0.5) is 5.69 Å². The third-order valence-corrected chi connectivity index (χ3v) is 5.74. The molecule has 0 saturated carbocycles. The van der Waals surface area contributed by atoms with E-state index in [1.54, 1.807) is 36.4 Å². The van der Waals surface area contributed by atoms with Crippen LogP contribution in [0, 0.1) is 6.92 Å². The molecule has 0 atom stereocenters. The van der Waals surface area contributed by atoms with Gasteiger partial charge in [0.25, 0.3) is 15.9 Å². The largest absolute Gasteiger partial charge is 0.347 e. The maximum atomic E-state index is 12.2. The predicted molar refractivity (Wildman–Crippen MR) is 93.5 cm³/mol. The molecule has 7 heteroatoms. The predicted octanol–water partition coefficient (Wildman–Crippen LogP) is 3.39.